The molecule has 0 saturated carbocycles. The van der Waals surface area contributed by atoms with Crippen molar-refractivity contribution >= 4 is 34.2 Å². The Morgan fingerprint density at radius 3 is 2.76 bits per heavy atom. The molecule has 21 heavy (non-hydrogen) atoms. The Balaban J connectivity index is 1.96. The van der Waals surface area contributed by atoms with Crippen molar-refractivity contribution in [2.24, 2.45) is 0 Å². The first kappa shape index (κ1) is 13.6. The average Bonchev–Trinajstić information content (AvgIpc) is 2.88. The van der Waals surface area contributed by atoms with Crippen LogP contribution in [0.15, 0.2) is 48.8 Å². The lowest BCUT2D eigenvalue weighted by Gasteiger charge is -2.04. The lowest BCUT2D eigenvalue weighted by Crippen LogP contribution is -2.11. The quantitative estimate of drug-likeness (QED) is 0.795. The number of nitrogens with zero attached hydrogens (tertiary/aromatic N) is 2. The molecule has 5 heteroatoms. The Labute approximate surface area is 127 Å². The number of carbonyl (C=O) groups excluding carboxylic acids is 1. The summed E-state index contributed by atoms with van der Waals surface area (Å²) in [4.78, 5) is 16.8. The van der Waals surface area contributed by atoms with Gasteiger partial charge in [-0.25, -0.2) is 4.98 Å². The first-order valence-electron chi connectivity index (χ1n) is 6.70. The summed E-state index contributed by atoms with van der Waals surface area (Å²) in [5.41, 5.74) is 2.15. The zero-order chi connectivity index (χ0) is 14.8. The number of anilines is 1. The van der Waals surface area contributed by atoms with Gasteiger partial charge in [0.2, 0.25) is 0 Å². The molecular weight excluding hydrogens is 286 g/mol. The molecule has 4 nitrogen and oxygen atoms in total. The van der Waals surface area contributed by atoms with Crippen molar-refractivity contribution in [1.29, 1.82) is 0 Å². The fourth-order valence-corrected chi connectivity index (χ4v) is 2.40. The number of hydrogen-bond donors (Lipinski definition) is 1. The van der Waals surface area contributed by atoms with Gasteiger partial charge in [-0.2, -0.15) is 0 Å². The van der Waals surface area contributed by atoms with Crippen LogP contribution in [0.3, 0.4) is 0 Å². The van der Waals surface area contributed by atoms with Crippen molar-refractivity contribution in [3.05, 3.63) is 59.4 Å². The van der Waals surface area contributed by atoms with Gasteiger partial charge >= 0.3 is 0 Å². The molecule has 0 bridgehead atoms. The summed E-state index contributed by atoms with van der Waals surface area (Å²) < 4.78 is 1.96. The molecule has 0 fully saturated rings. The van der Waals surface area contributed by atoms with Gasteiger partial charge in [0.05, 0.1) is 5.56 Å². The molecule has 1 aromatic carbocycles. The predicted octanol–water partition coefficient (Wildman–Crippen LogP) is 3.96. The largest absolute Gasteiger partial charge is 0.332 e. The van der Waals surface area contributed by atoms with Gasteiger partial charge in [0.15, 0.2) is 0 Å². The molecule has 0 spiro atoms. The Hall–Kier alpha value is -2.33. The second-order valence-electron chi connectivity index (χ2n) is 4.66. The van der Waals surface area contributed by atoms with E-state index in [9.17, 15) is 4.79 Å². The second kappa shape index (κ2) is 5.58. The summed E-state index contributed by atoms with van der Waals surface area (Å²) >= 11 is 5.84. The van der Waals surface area contributed by atoms with Crippen molar-refractivity contribution < 1.29 is 4.79 Å². The molecule has 2 aromatic heterocycles. The predicted molar refractivity (Wildman–Crippen MR) is 84.8 cm³/mol. The second-order valence-corrected chi connectivity index (χ2v) is 5.10. The first-order valence-corrected chi connectivity index (χ1v) is 7.07. The summed E-state index contributed by atoms with van der Waals surface area (Å²) in [5.74, 6) is -0.150. The van der Waals surface area contributed by atoms with Gasteiger partial charge in [-0.1, -0.05) is 11.6 Å². The molecule has 3 aromatic rings. The van der Waals surface area contributed by atoms with Crippen LogP contribution in [0, 0.1) is 0 Å². The molecule has 0 atom stereocenters. The molecule has 0 aliphatic heterocycles. The number of carbonyl (C=O) groups is 1. The Morgan fingerprint density at radius 1 is 1.29 bits per heavy atom. The smallest absolute Gasteiger partial charge is 0.257 e. The fourth-order valence-electron chi connectivity index (χ4n) is 2.28. The number of halogens is 1. The normalized spacial score (nSPS) is 10.8. The maximum atomic E-state index is 12.5. The summed E-state index contributed by atoms with van der Waals surface area (Å²) in [6, 6.07) is 10.8. The van der Waals surface area contributed by atoms with Crippen molar-refractivity contribution in [2.45, 2.75) is 13.5 Å². The van der Waals surface area contributed by atoms with Gasteiger partial charge in [-0.15, -0.1) is 0 Å². The van der Waals surface area contributed by atoms with Crippen LogP contribution in [-0.2, 0) is 6.54 Å². The highest BCUT2D eigenvalue weighted by Gasteiger charge is 2.15. The van der Waals surface area contributed by atoms with Crippen LogP contribution in [-0.4, -0.2) is 15.5 Å². The fraction of sp³-hybridized carbons (Fsp3) is 0.125. The average molecular weight is 300 g/mol. The minimum atomic E-state index is -0.150. The Morgan fingerprint density at radius 2 is 2.05 bits per heavy atom. The van der Waals surface area contributed by atoms with Crippen molar-refractivity contribution in [2.75, 3.05) is 5.32 Å². The molecule has 0 aliphatic carbocycles. The van der Waals surface area contributed by atoms with E-state index in [0.717, 1.165) is 17.6 Å². The minimum Gasteiger partial charge on any atom is -0.332 e. The van der Waals surface area contributed by atoms with Gasteiger partial charge in [0, 0.05) is 35.0 Å². The number of benzene rings is 1. The molecule has 0 aliphatic rings. The number of fused-ring (bicyclic) bond motifs is 1. The number of pyridine rings is 1. The molecule has 1 amide bonds. The van der Waals surface area contributed by atoms with Crippen LogP contribution < -0.4 is 5.32 Å². The standard InChI is InChI=1S/C16H14ClN3O/c1-2-20-10-14(13-4-3-9-18-15(13)20)16(21)19-12-7-5-11(17)6-8-12/h3-10H,2H2,1H3,(H,19,21). The SMILES string of the molecule is CCn1cc(C(=O)Nc2ccc(Cl)cc2)c2cccnc21. The van der Waals surface area contributed by atoms with Crippen LogP contribution >= 0.6 is 11.6 Å². The van der Waals surface area contributed by atoms with Crippen molar-refractivity contribution in [1.82, 2.24) is 9.55 Å². The molecular formula is C16H14ClN3O. The number of aryl methyl sites for hydroxylation is 1. The molecule has 0 radical (unpaired) electrons. The van der Waals surface area contributed by atoms with Crippen LogP contribution in [0.5, 0.6) is 0 Å². The topological polar surface area (TPSA) is 46.9 Å². The van der Waals surface area contributed by atoms with E-state index in [0.29, 0.717) is 16.3 Å². The number of aromatic nitrogens is 2. The van der Waals surface area contributed by atoms with E-state index in [1.165, 1.54) is 0 Å². The van der Waals surface area contributed by atoms with Crippen molar-refractivity contribution in [3.63, 3.8) is 0 Å². The van der Waals surface area contributed by atoms with E-state index in [4.69, 9.17) is 11.6 Å². The summed E-state index contributed by atoms with van der Waals surface area (Å²) in [5, 5.41) is 4.37. The lowest BCUT2D eigenvalue weighted by molar-refractivity contribution is 0.102. The number of hydrogen-bond acceptors (Lipinski definition) is 2. The highest BCUT2D eigenvalue weighted by molar-refractivity contribution is 6.30. The zero-order valence-corrected chi connectivity index (χ0v) is 12.3. The maximum absolute atomic E-state index is 12.5. The first-order chi connectivity index (χ1) is 10.2. The third-order valence-electron chi connectivity index (χ3n) is 3.32. The van der Waals surface area contributed by atoms with Gasteiger partial charge in [0.25, 0.3) is 5.91 Å². The number of nitrogens with one attached hydrogen (secondary N) is 1. The van der Waals surface area contributed by atoms with E-state index in [1.807, 2.05) is 29.8 Å². The van der Waals surface area contributed by atoms with E-state index >= 15 is 0 Å². The maximum Gasteiger partial charge on any atom is 0.257 e. The van der Waals surface area contributed by atoms with Crippen molar-refractivity contribution in [3.8, 4) is 0 Å². The van der Waals surface area contributed by atoms with Gasteiger partial charge < -0.3 is 9.88 Å². The lowest BCUT2D eigenvalue weighted by atomic mass is 10.2. The number of rotatable bonds is 3. The summed E-state index contributed by atoms with van der Waals surface area (Å²) in [6.45, 7) is 2.79. The molecule has 1 N–H and O–H groups in total. The van der Waals surface area contributed by atoms with E-state index < -0.39 is 0 Å². The van der Waals surface area contributed by atoms with Crippen LogP contribution in [0.2, 0.25) is 5.02 Å². The van der Waals surface area contributed by atoms with Gasteiger partial charge in [-0.05, 0) is 43.3 Å². The molecule has 106 valence electrons. The summed E-state index contributed by atoms with van der Waals surface area (Å²) in [6.07, 6.45) is 3.57. The van der Waals surface area contributed by atoms with E-state index in [1.54, 1.807) is 30.5 Å². The third-order valence-corrected chi connectivity index (χ3v) is 3.57. The Bertz CT molecular complexity index is 793. The molecule has 3 rings (SSSR count). The highest BCUT2D eigenvalue weighted by atomic mass is 35.5. The van der Waals surface area contributed by atoms with Gasteiger partial charge in [-0.3, -0.25) is 4.79 Å². The number of amides is 1. The van der Waals surface area contributed by atoms with Crippen LogP contribution in [0.25, 0.3) is 11.0 Å². The van der Waals surface area contributed by atoms with E-state index in [-0.39, 0.29) is 5.91 Å². The van der Waals surface area contributed by atoms with Gasteiger partial charge in [0.1, 0.15) is 5.65 Å². The monoisotopic (exact) mass is 299 g/mol. The third kappa shape index (κ3) is 2.62. The highest BCUT2D eigenvalue weighted by Crippen LogP contribution is 2.21. The van der Waals surface area contributed by atoms with Crippen LogP contribution in [0.1, 0.15) is 17.3 Å². The summed E-state index contributed by atoms with van der Waals surface area (Å²) in [7, 11) is 0. The van der Waals surface area contributed by atoms with Crippen LogP contribution in [0.4, 0.5) is 5.69 Å². The van der Waals surface area contributed by atoms with E-state index in [2.05, 4.69) is 10.3 Å². The molecule has 2 heterocycles. The molecule has 0 unspecified atom stereocenters. The minimum absolute atomic E-state index is 0.150. The molecule has 0 saturated heterocycles. The Kier molecular flexibility index (Phi) is 3.62. The zero-order valence-electron chi connectivity index (χ0n) is 11.5.